The van der Waals surface area contributed by atoms with Crippen LogP contribution in [0.2, 0.25) is 0 Å². The normalized spacial score (nSPS) is 23.0. The SMILES string of the molecule is Cc1ncncc1C(=O)N1C[C@H]2CC[C@@H](C1)N(Cc1cscn1)C2=O. The van der Waals surface area contributed by atoms with Gasteiger partial charge in [0.05, 0.1) is 34.9 Å². The van der Waals surface area contributed by atoms with Crippen LogP contribution in [0, 0.1) is 12.8 Å². The highest BCUT2D eigenvalue weighted by molar-refractivity contribution is 7.07. The van der Waals surface area contributed by atoms with Gasteiger partial charge in [-0.2, -0.15) is 0 Å². The molecule has 3 aliphatic heterocycles. The van der Waals surface area contributed by atoms with Gasteiger partial charge in [-0.05, 0) is 19.8 Å². The maximum atomic E-state index is 12.9. The summed E-state index contributed by atoms with van der Waals surface area (Å²) in [6.45, 7) is 3.36. The van der Waals surface area contributed by atoms with Crippen molar-refractivity contribution in [2.75, 3.05) is 13.1 Å². The third-order valence-corrected chi connectivity index (χ3v) is 5.67. The van der Waals surface area contributed by atoms with Crippen molar-refractivity contribution in [2.24, 2.45) is 5.92 Å². The van der Waals surface area contributed by atoms with Crippen molar-refractivity contribution in [1.29, 1.82) is 0 Å². The molecular weight excluding hydrogens is 338 g/mol. The average molecular weight is 357 g/mol. The van der Waals surface area contributed by atoms with E-state index in [4.69, 9.17) is 0 Å². The summed E-state index contributed by atoms with van der Waals surface area (Å²) in [4.78, 5) is 41.9. The molecule has 130 valence electrons. The highest BCUT2D eigenvalue weighted by atomic mass is 32.1. The first kappa shape index (κ1) is 16.1. The largest absolute Gasteiger partial charge is 0.336 e. The molecule has 2 amide bonds. The molecule has 7 nitrogen and oxygen atoms in total. The van der Waals surface area contributed by atoms with Crippen LogP contribution in [0.4, 0.5) is 0 Å². The molecule has 3 aliphatic rings. The lowest BCUT2D eigenvalue weighted by Gasteiger charge is -2.35. The Labute approximate surface area is 149 Å². The molecule has 0 radical (unpaired) electrons. The number of hydrogen-bond acceptors (Lipinski definition) is 6. The van der Waals surface area contributed by atoms with E-state index in [0.29, 0.717) is 30.9 Å². The highest BCUT2D eigenvalue weighted by Gasteiger charge is 2.42. The molecule has 0 aromatic carbocycles. The van der Waals surface area contributed by atoms with E-state index in [9.17, 15) is 9.59 Å². The van der Waals surface area contributed by atoms with Gasteiger partial charge in [-0.3, -0.25) is 9.59 Å². The number of amides is 2. The first-order valence-electron chi connectivity index (χ1n) is 8.37. The minimum atomic E-state index is -0.133. The fraction of sp³-hybridized carbons (Fsp3) is 0.471. The Morgan fingerprint density at radius 2 is 2.20 bits per heavy atom. The number of aromatic nitrogens is 3. The van der Waals surface area contributed by atoms with Crippen molar-refractivity contribution >= 4 is 23.2 Å². The van der Waals surface area contributed by atoms with Gasteiger partial charge in [0.25, 0.3) is 5.91 Å². The smallest absolute Gasteiger partial charge is 0.257 e. The van der Waals surface area contributed by atoms with E-state index in [0.717, 1.165) is 18.5 Å². The van der Waals surface area contributed by atoms with Crippen LogP contribution in [0.25, 0.3) is 0 Å². The molecule has 2 aromatic rings. The first-order valence-corrected chi connectivity index (χ1v) is 9.31. The Bertz CT molecular complexity index is 794. The monoisotopic (exact) mass is 357 g/mol. The number of carbonyl (C=O) groups is 2. The predicted octanol–water partition coefficient (Wildman–Crippen LogP) is 1.50. The van der Waals surface area contributed by atoms with E-state index >= 15 is 0 Å². The lowest BCUT2D eigenvalue weighted by Crippen LogP contribution is -2.47. The van der Waals surface area contributed by atoms with Crippen LogP contribution in [0.3, 0.4) is 0 Å². The summed E-state index contributed by atoms with van der Waals surface area (Å²) in [5.41, 5.74) is 3.88. The Morgan fingerprint density at radius 1 is 1.32 bits per heavy atom. The third-order valence-electron chi connectivity index (χ3n) is 5.04. The molecule has 2 atom stereocenters. The second kappa shape index (κ2) is 6.51. The van der Waals surface area contributed by atoms with E-state index in [1.165, 1.54) is 17.7 Å². The van der Waals surface area contributed by atoms with Crippen molar-refractivity contribution < 1.29 is 9.59 Å². The number of thiazole rings is 1. The quantitative estimate of drug-likeness (QED) is 0.832. The number of piperidine rings is 1. The lowest BCUT2D eigenvalue weighted by atomic mass is 9.94. The molecule has 3 saturated heterocycles. The Balaban J connectivity index is 1.57. The van der Waals surface area contributed by atoms with E-state index in [1.54, 1.807) is 23.5 Å². The summed E-state index contributed by atoms with van der Waals surface area (Å²) in [5.74, 6) is -0.0786. The van der Waals surface area contributed by atoms with Gasteiger partial charge < -0.3 is 9.80 Å². The second-order valence-electron chi connectivity index (χ2n) is 6.61. The minimum Gasteiger partial charge on any atom is -0.336 e. The Hall–Kier alpha value is -2.35. The minimum absolute atomic E-state index is 0.0434. The molecule has 2 aromatic heterocycles. The average Bonchev–Trinajstić information content (AvgIpc) is 2.98. The maximum absolute atomic E-state index is 12.9. The molecule has 2 bridgehead atoms. The van der Waals surface area contributed by atoms with Gasteiger partial charge in [0.2, 0.25) is 5.91 Å². The maximum Gasteiger partial charge on any atom is 0.257 e. The van der Waals surface area contributed by atoms with Crippen LogP contribution in [0.15, 0.2) is 23.4 Å². The second-order valence-corrected chi connectivity index (χ2v) is 7.32. The van der Waals surface area contributed by atoms with Crippen molar-refractivity contribution in [3.05, 3.63) is 40.4 Å². The van der Waals surface area contributed by atoms with Crippen LogP contribution < -0.4 is 0 Å². The van der Waals surface area contributed by atoms with Crippen molar-refractivity contribution in [2.45, 2.75) is 32.4 Å². The van der Waals surface area contributed by atoms with Gasteiger partial charge >= 0.3 is 0 Å². The van der Waals surface area contributed by atoms with E-state index in [2.05, 4.69) is 15.0 Å². The summed E-state index contributed by atoms with van der Waals surface area (Å²) in [6, 6.07) is 0.0434. The first-order chi connectivity index (χ1) is 12.1. The lowest BCUT2D eigenvalue weighted by molar-refractivity contribution is -0.140. The number of aryl methyl sites for hydroxylation is 1. The fourth-order valence-electron chi connectivity index (χ4n) is 3.68. The third kappa shape index (κ3) is 3.02. The highest BCUT2D eigenvalue weighted by Crippen LogP contribution is 2.31. The molecule has 0 saturated carbocycles. The zero-order chi connectivity index (χ0) is 17.4. The van der Waals surface area contributed by atoms with Crippen molar-refractivity contribution in [3.63, 3.8) is 0 Å². The van der Waals surface area contributed by atoms with Gasteiger partial charge in [0.1, 0.15) is 6.33 Å². The Morgan fingerprint density at radius 3 is 2.96 bits per heavy atom. The van der Waals surface area contributed by atoms with Crippen molar-refractivity contribution in [1.82, 2.24) is 24.8 Å². The summed E-state index contributed by atoms with van der Waals surface area (Å²) in [7, 11) is 0. The molecule has 3 fully saturated rings. The number of nitrogens with zero attached hydrogens (tertiary/aromatic N) is 5. The van der Waals surface area contributed by atoms with Crippen LogP contribution in [-0.2, 0) is 11.3 Å². The summed E-state index contributed by atoms with van der Waals surface area (Å²) in [5, 5.41) is 1.97. The van der Waals surface area contributed by atoms with Crippen molar-refractivity contribution in [3.8, 4) is 0 Å². The van der Waals surface area contributed by atoms with Crippen LogP contribution in [0.1, 0.15) is 34.6 Å². The topological polar surface area (TPSA) is 79.3 Å². The molecule has 0 spiro atoms. The molecular formula is C17H19N5O2S. The molecule has 25 heavy (non-hydrogen) atoms. The molecule has 8 heteroatoms. The molecule has 0 N–H and O–H groups in total. The van der Waals surface area contributed by atoms with Gasteiger partial charge in [-0.25, -0.2) is 15.0 Å². The summed E-state index contributed by atoms with van der Waals surface area (Å²) >= 11 is 1.53. The van der Waals surface area contributed by atoms with Crippen LogP contribution in [0.5, 0.6) is 0 Å². The van der Waals surface area contributed by atoms with E-state index in [1.807, 2.05) is 10.3 Å². The predicted molar refractivity (Wildman–Crippen MR) is 91.8 cm³/mol. The van der Waals surface area contributed by atoms with Gasteiger partial charge in [-0.1, -0.05) is 0 Å². The van der Waals surface area contributed by atoms with Gasteiger partial charge in [0.15, 0.2) is 0 Å². The zero-order valence-electron chi connectivity index (χ0n) is 14.0. The van der Waals surface area contributed by atoms with Crippen LogP contribution >= 0.6 is 11.3 Å². The molecule has 0 aliphatic carbocycles. The Kier molecular flexibility index (Phi) is 4.20. The fourth-order valence-corrected chi connectivity index (χ4v) is 4.23. The van der Waals surface area contributed by atoms with E-state index in [-0.39, 0.29) is 23.8 Å². The number of carbonyl (C=O) groups excluding carboxylic acids is 2. The van der Waals surface area contributed by atoms with Crippen LogP contribution in [-0.4, -0.2) is 55.7 Å². The molecule has 5 heterocycles. The zero-order valence-corrected chi connectivity index (χ0v) is 14.8. The molecule has 5 rings (SSSR count). The summed E-state index contributed by atoms with van der Waals surface area (Å²) in [6.07, 6.45) is 4.77. The number of hydrogen-bond donors (Lipinski definition) is 0. The van der Waals surface area contributed by atoms with Gasteiger partial charge in [0, 0.05) is 30.7 Å². The molecule has 0 unspecified atom stereocenters. The summed E-state index contributed by atoms with van der Waals surface area (Å²) < 4.78 is 0. The van der Waals surface area contributed by atoms with E-state index < -0.39 is 0 Å². The standard InChI is InChI=1S/C17H19N5O2S/c1-11-15(4-18-9-19-11)17(24)21-5-12-2-3-14(7-21)22(16(12)23)6-13-8-25-10-20-13/h4,8-10,12,14H,2-3,5-7H2,1H3/t12-,14+/m1/s1. The number of rotatable bonds is 3. The van der Waals surface area contributed by atoms with Gasteiger partial charge in [-0.15, -0.1) is 11.3 Å². The number of fused-ring (bicyclic) bond motifs is 4.